The van der Waals surface area contributed by atoms with Crippen LogP contribution in [0.4, 0.5) is 0 Å². The van der Waals surface area contributed by atoms with Gasteiger partial charge in [-0.1, -0.05) is 40.0 Å². The van der Waals surface area contributed by atoms with Crippen molar-refractivity contribution >= 4 is 0 Å². The quantitative estimate of drug-likeness (QED) is 0.767. The summed E-state index contributed by atoms with van der Waals surface area (Å²) < 4.78 is 2.58. The van der Waals surface area contributed by atoms with Crippen LogP contribution in [0.25, 0.3) is 0 Å². The van der Waals surface area contributed by atoms with Crippen molar-refractivity contribution in [1.82, 2.24) is 14.9 Å². The van der Waals surface area contributed by atoms with Gasteiger partial charge in [0.25, 0.3) is 0 Å². The molecule has 2 heterocycles. The van der Waals surface area contributed by atoms with Gasteiger partial charge < -0.3 is 9.88 Å². The topological polar surface area (TPSA) is 29.9 Å². The Labute approximate surface area is 124 Å². The highest BCUT2D eigenvalue weighted by Crippen LogP contribution is 2.26. The lowest BCUT2D eigenvalue weighted by Gasteiger charge is -2.22. The van der Waals surface area contributed by atoms with E-state index in [0.717, 1.165) is 25.9 Å². The van der Waals surface area contributed by atoms with Gasteiger partial charge in [-0.15, -0.1) is 0 Å². The molecule has 0 radical (unpaired) electrons. The van der Waals surface area contributed by atoms with E-state index in [2.05, 4.69) is 37.6 Å². The minimum Gasteiger partial charge on any atom is -0.329 e. The summed E-state index contributed by atoms with van der Waals surface area (Å²) in [5.74, 6) is 1.99. The van der Waals surface area contributed by atoms with E-state index in [-0.39, 0.29) is 0 Å². The van der Waals surface area contributed by atoms with Crippen LogP contribution in [-0.2, 0) is 19.4 Å². The highest BCUT2D eigenvalue weighted by atomic mass is 15.1. The molecule has 1 aliphatic rings. The van der Waals surface area contributed by atoms with Gasteiger partial charge >= 0.3 is 0 Å². The summed E-state index contributed by atoms with van der Waals surface area (Å²) in [5, 5.41) is 3.45. The highest BCUT2D eigenvalue weighted by molar-refractivity contribution is 5.21. The van der Waals surface area contributed by atoms with Crippen LogP contribution in [0.2, 0.25) is 0 Å². The Balaban J connectivity index is 2.20. The van der Waals surface area contributed by atoms with Gasteiger partial charge in [-0.25, -0.2) is 4.98 Å². The van der Waals surface area contributed by atoms with Crippen LogP contribution in [0, 0.1) is 5.92 Å². The Morgan fingerprint density at radius 1 is 1.25 bits per heavy atom. The number of fused-ring (bicyclic) bond motifs is 1. The monoisotopic (exact) mass is 277 g/mol. The lowest BCUT2D eigenvalue weighted by molar-refractivity contribution is 0.435. The van der Waals surface area contributed by atoms with Crippen molar-refractivity contribution in [2.45, 2.75) is 78.8 Å². The molecule has 0 bridgehead atoms. The van der Waals surface area contributed by atoms with Crippen LogP contribution >= 0.6 is 0 Å². The molecule has 1 aromatic heterocycles. The van der Waals surface area contributed by atoms with Crippen molar-refractivity contribution in [3.63, 3.8) is 0 Å². The van der Waals surface area contributed by atoms with Crippen LogP contribution in [0.5, 0.6) is 0 Å². The van der Waals surface area contributed by atoms with Crippen LogP contribution in [0.1, 0.15) is 76.6 Å². The average molecular weight is 277 g/mol. The molecule has 2 rings (SSSR count). The zero-order chi connectivity index (χ0) is 14.5. The third kappa shape index (κ3) is 3.63. The minimum atomic E-state index is 0.602. The van der Waals surface area contributed by atoms with Crippen molar-refractivity contribution < 1.29 is 0 Å². The van der Waals surface area contributed by atoms with Gasteiger partial charge in [0.05, 0.1) is 5.69 Å². The fraction of sp³-hybridized carbons (Fsp3) is 0.824. The molecule has 0 aliphatic carbocycles. The fourth-order valence-electron chi connectivity index (χ4n) is 3.24. The highest BCUT2D eigenvalue weighted by Gasteiger charge is 2.22. The molecule has 3 heteroatoms. The molecule has 20 heavy (non-hydrogen) atoms. The Bertz CT molecular complexity index is 420. The number of rotatable bonds is 7. The summed E-state index contributed by atoms with van der Waals surface area (Å²) in [4.78, 5) is 4.94. The van der Waals surface area contributed by atoms with E-state index in [1.807, 2.05) is 0 Å². The maximum Gasteiger partial charge on any atom is 0.109 e. The molecule has 0 aromatic carbocycles. The summed E-state index contributed by atoms with van der Waals surface area (Å²) >= 11 is 0. The van der Waals surface area contributed by atoms with Gasteiger partial charge in [0.2, 0.25) is 0 Å². The van der Waals surface area contributed by atoms with E-state index in [4.69, 9.17) is 4.98 Å². The number of nitrogens with zero attached hydrogens (tertiary/aromatic N) is 2. The Morgan fingerprint density at radius 2 is 2.05 bits per heavy atom. The van der Waals surface area contributed by atoms with Crippen molar-refractivity contribution in [2.75, 3.05) is 6.54 Å². The van der Waals surface area contributed by atoms with Crippen molar-refractivity contribution in [2.24, 2.45) is 5.92 Å². The number of hydrogen-bond donors (Lipinski definition) is 1. The minimum absolute atomic E-state index is 0.602. The normalized spacial score (nSPS) is 16.4. The molecule has 3 nitrogen and oxygen atoms in total. The maximum absolute atomic E-state index is 4.94. The van der Waals surface area contributed by atoms with Crippen LogP contribution in [0.3, 0.4) is 0 Å². The number of hydrogen-bond acceptors (Lipinski definition) is 2. The first-order chi connectivity index (χ1) is 9.63. The van der Waals surface area contributed by atoms with E-state index >= 15 is 0 Å². The second kappa shape index (κ2) is 7.26. The summed E-state index contributed by atoms with van der Waals surface area (Å²) in [5.41, 5.74) is 2.80. The number of imidazole rings is 1. The summed E-state index contributed by atoms with van der Waals surface area (Å²) in [6.45, 7) is 11.3. The predicted molar refractivity (Wildman–Crippen MR) is 85.0 cm³/mol. The standard InChI is InChI=1S/C17H31N3/c1-5-6-7-8-14(4)20-16-9-10-18-12-15(16)19-17(20)11-13(2)3/h13-14,18H,5-12H2,1-4H3. The first-order valence-corrected chi connectivity index (χ1v) is 8.43. The molecule has 1 atom stereocenters. The third-order valence-corrected chi connectivity index (χ3v) is 4.25. The molecule has 1 unspecified atom stereocenters. The molecule has 0 saturated carbocycles. The largest absolute Gasteiger partial charge is 0.329 e. The van der Waals surface area contributed by atoms with Gasteiger partial charge in [-0.3, -0.25) is 0 Å². The number of unbranched alkanes of at least 4 members (excludes halogenated alkanes) is 2. The molecule has 1 aliphatic heterocycles. The van der Waals surface area contributed by atoms with Crippen LogP contribution < -0.4 is 5.32 Å². The molecular formula is C17H31N3. The van der Waals surface area contributed by atoms with Crippen molar-refractivity contribution in [3.8, 4) is 0 Å². The second-order valence-electron chi connectivity index (χ2n) is 6.66. The van der Waals surface area contributed by atoms with E-state index in [9.17, 15) is 0 Å². The van der Waals surface area contributed by atoms with E-state index < -0.39 is 0 Å². The first-order valence-electron chi connectivity index (χ1n) is 8.43. The number of aromatic nitrogens is 2. The Morgan fingerprint density at radius 3 is 2.75 bits per heavy atom. The Kier molecular flexibility index (Phi) is 5.64. The van der Waals surface area contributed by atoms with Crippen molar-refractivity contribution in [3.05, 3.63) is 17.2 Å². The van der Waals surface area contributed by atoms with Gasteiger partial charge in [-0.05, 0) is 19.3 Å². The Hall–Kier alpha value is -0.830. The van der Waals surface area contributed by atoms with E-state index in [1.54, 1.807) is 0 Å². The predicted octanol–water partition coefficient (Wildman–Crippen LogP) is 3.87. The molecule has 0 amide bonds. The zero-order valence-corrected chi connectivity index (χ0v) is 13.7. The second-order valence-corrected chi connectivity index (χ2v) is 6.66. The zero-order valence-electron chi connectivity index (χ0n) is 13.7. The lowest BCUT2D eigenvalue weighted by atomic mass is 10.1. The summed E-state index contributed by atoms with van der Waals surface area (Å²) in [6, 6.07) is 0.602. The van der Waals surface area contributed by atoms with Gasteiger partial charge in [0.15, 0.2) is 0 Å². The maximum atomic E-state index is 4.94. The smallest absolute Gasteiger partial charge is 0.109 e. The van der Waals surface area contributed by atoms with Gasteiger partial charge in [0.1, 0.15) is 5.82 Å². The molecule has 0 saturated heterocycles. The SMILES string of the molecule is CCCCCC(C)n1c(CC(C)C)nc2c1CCNC2. The van der Waals surface area contributed by atoms with E-state index in [0.29, 0.717) is 12.0 Å². The molecule has 1 aromatic rings. The lowest BCUT2D eigenvalue weighted by Crippen LogP contribution is -2.26. The van der Waals surface area contributed by atoms with Crippen molar-refractivity contribution in [1.29, 1.82) is 0 Å². The number of nitrogens with one attached hydrogen (secondary N) is 1. The summed E-state index contributed by atoms with van der Waals surface area (Å²) in [6.07, 6.45) is 7.52. The van der Waals surface area contributed by atoms with Gasteiger partial charge in [0, 0.05) is 37.7 Å². The first kappa shape index (κ1) is 15.6. The molecule has 0 spiro atoms. The van der Waals surface area contributed by atoms with E-state index in [1.165, 1.54) is 42.9 Å². The summed E-state index contributed by atoms with van der Waals surface area (Å²) in [7, 11) is 0. The molecule has 114 valence electrons. The molecule has 0 fully saturated rings. The van der Waals surface area contributed by atoms with Crippen LogP contribution in [-0.4, -0.2) is 16.1 Å². The fourth-order valence-corrected chi connectivity index (χ4v) is 3.24. The molecule has 1 N–H and O–H groups in total. The van der Waals surface area contributed by atoms with Crippen LogP contribution in [0.15, 0.2) is 0 Å². The van der Waals surface area contributed by atoms with Gasteiger partial charge in [-0.2, -0.15) is 0 Å². The third-order valence-electron chi connectivity index (χ3n) is 4.25. The molecular weight excluding hydrogens is 246 g/mol. The average Bonchev–Trinajstić information content (AvgIpc) is 2.75.